The van der Waals surface area contributed by atoms with Crippen molar-refractivity contribution in [1.29, 1.82) is 0 Å². The Morgan fingerprint density at radius 2 is 2.07 bits per heavy atom. The van der Waals surface area contributed by atoms with Gasteiger partial charge in [-0.1, -0.05) is 5.73 Å². The molecule has 6 nitrogen and oxygen atoms in total. The molecule has 0 aliphatic carbocycles. The summed E-state index contributed by atoms with van der Waals surface area (Å²) in [6.07, 6.45) is 5.03. The molecular formula is C19H12F2N4O2. The average Bonchev–Trinajstić information content (AvgIpc) is 3.05. The lowest BCUT2D eigenvalue weighted by atomic mass is 10.1. The van der Waals surface area contributed by atoms with E-state index in [9.17, 15) is 18.9 Å². The maximum Gasteiger partial charge on any atom is 0.271 e. The van der Waals surface area contributed by atoms with Crippen molar-refractivity contribution in [1.82, 2.24) is 14.9 Å². The first-order valence-electron chi connectivity index (χ1n) is 8.00. The van der Waals surface area contributed by atoms with E-state index in [1.807, 2.05) is 0 Å². The number of hydrogen-bond donors (Lipinski definition) is 1. The van der Waals surface area contributed by atoms with Crippen molar-refractivity contribution in [2.24, 2.45) is 0 Å². The molecule has 0 bridgehead atoms. The molecule has 1 aliphatic rings. The zero-order chi connectivity index (χ0) is 19.0. The quantitative estimate of drug-likeness (QED) is 0.425. The number of benzene rings is 2. The number of hydrogen-bond acceptors (Lipinski definition) is 4. The Kier molecular flexibility index (Phi) is 4.02. The van der Waals surface area contributed by atoms with Gasteiger partial charge >= 0.3 is 0 Å². The number of allylic oxidation sites excluding steroid dienone is 2. The number of imidazole rings is 1. The van der Waals surface area contributed by atoms with Crippen molar-refractivity contribution >= 4 is 22.4 Å². The van der Waals surface area contributed by atoms with Gasteiger partial charge in [-0.05, 0) is 36.4 Å². The van der Waals surface area contributed by atoms with Crippen molar-refractivity contribution < 1.29 is 13.7 Å². The van der Waals surface area contributed by atoms with Gasteiger partial charge in [0, 0.05) is 23.9 Å². The van der Waals surface area contributed by atoms with Crippen molar-refractivity contribution in [2.75, 3.05) is 0 Å². The highest BCUT2D eigenvalue weighted by atomic mass is 19.1. The van der Waals surface area contributed by atoms with Crippen LogP contribution in [-0.4, -0.2) is 19.8 Å². The summed E-state index contributed by atoms with van der Waals surface area (Å²) < 4.78 is 27.7. The van der Waals surface area contributed by atoms with Crippen molar-refractivity contribution in [3.8, 4) is 0 Å². The fourth-order valence-electron chi connectivity index (χ4n) is 2.87. The Morgan fingerprint density at radius 3 is 2.89 bits per heavy atom. The van der Waals surface area contributed by atoms with Crippen LogP contribution >= 0.6 is 0 Å². The maximum atomic E-state index is 14.2. The second kappa shape index (κ2) is 6.51. The lowest BCUT2D eigenvalue weighted by Crippen LogP contribution is -2.17. The van der Waals surface area contributed by atoms with Gasteiger partial charge in [-0.2, -0.15) is 0 Å². The molecule has 0 spiro atoms. The molecule has 0 saturated carbocycles. The topological polar surface area (TPSA) is 75.1 Å². The second-order valence-corrected chi connectivity index (χ2v) is 5.90. The van der Waals surface area contributed by atoms with E-state index >= 15 is 0 Å². The molecule has 4 rings (SSSR count). The largest absolute Gasteiger partial charge is 0.340 e. The van der Waals surface area contributed by atoms with Crippen LogP contribution in [0.3, 0.4) is 0 Å². The zero-order valence-corrected chi connectivity index (χ0v) is 13.8. The Hall–Kier alpha value is -3.77. The van der Waals surface area contributed by atoms with E-state index in [0.29, 0.717) is 22.6 Å². The summed E-state index contributed by atoms with van der Waals surface area (Å²) in [5.41, 5.74) is 4.42. The predicted molar refractivity (Wildman–Crippen MR) is 95.3 cm³/mol. The third-order valence-corrected chi connectivity index (χ3v) is 4.10. The zero-order valence-electron chi connectivity index (χ0n) is 13.8. The molecule has 3 aromatic rings. The van der Waals surface area contributed by atoms with Gasteiger partial charge < -0.3 is 9.88 Å². The van der Waals surface area contributed by atoms with Crippen LogP contribution in [0.5, 0.6) is 0 Å². The van der Waals surface area contributed by atoms with Gasteiger partial charge in [0.25, 0.3) is 5.69 Å². The normalized spacial score (nSPS) is 13.3. The molecule has 134 valence electrons. The van der Waals surface area contributed by atoms with Gasteiger partial charge in [0.05, 0.1) is 28.2 Å². The Balaban J connectivity index is 1.68. The molecule has 27 heavy (non-hydrogen) atoms. The second-order valence-electron chi connectivity index (χ2n) is 5.90. The molecule has 1 aliphatic heterocycles. The summed E-state index contributed by atoms with van der Waals surface area (Å²) in [6, 6.07) is 7.58. The van der Waals surface area contributed by atoms with E-state index in [1.165, 1.54) is 12.1 Å². The van der Waals surface area contributed by atoms with E-state index in [2.05, 4.69) is 15.7 Å². The third-order valence-electron chi connectivity index (χ3n) is 4.10. The van der Waals surface area contributed by atoms with Gasteiger partial charge in [0.15, 0.2) is 0 Å². The van der Waals surface area contributed by atoms with Crippen molar-refractivity contribution in [3.05, 3.63) is 93.6 Å². The van der Waals surface area contributed by atoms with Crippen LogP contribution in [0.15, 0.2) is 60.5 Å². The molecule has 2 aromatic carbocycles. The molecule has 1 aromatic heterocycles. The molecule has 2 heterocycles. The minimum absolute atomic E-state index is 0.0521. The summed E-state index contributed by atoms with van der Waals surface area (Å²) in [5, 5.41) is 10.9. The highest BCUT2D eigenvalue weighted by Crippen LogP contribution is 2.27. The van der Waals surface area contributed by atoms with E-state index < -0.39 is 16.6 Å². The number of H-pyrrole nitrogens is 1. The fraction of sp³-hybridized carbons (Fsp3) is 0.0526. The monoisotopic (exact) mass is 366 g/mol. The van der Waals surface area contributed by atoms with Crippen LogP contribution in [-0.2, 0) is 6.54 Å². The smallest absolute Gasteiger partial charge is 0.271 e. The van der Waals surface area contributed by atoms with Crippen LogP contribution in [0.1, 0.15) is 11.4 Å². The van der Waals surface area contributed by atoms with E-state index in [4.69, 9.17) is 0 Å². The minimum Gasteiger partial charge on any atom is -0.340 e. The number of nitro benzene ring substituents is 1. The lowest BCUT2D eigenvalue weighted by molar-refractivity contribution is -0.384. The van der Waals surface area contributed by atoms with E-state index in [-0.39, 0.29) is 17.8 Å². The molecule has 8 heteroatoms. The lowest BCUT2D eigenvalue weighted by Gasteiger charge is -2.23. The molecule has 0 unspecified atom stereocenters. The Morgan fingerprint density at radius 1 is 1.22 bits per heavy atom. The number of halogens is 2. The number of non-ortho nitro benzene ring substituents is 1. The number of fused-ring (bicyclic) bond motifs is 1. The Labute approximate surface area is 151 Å². The number of nitro groups is 1. The number of aromatic amines is 1. The SMILES string of the molecule is O=[N+]([O-])c1ccc2[nH]c(CN3C=CC=C=C3c3cc(F)ccc3F)nc2c1. The predicted octanol–water partition coefficient (Wildman–Crippen LogP) is 4.27. The average molecular weight is 366 g/mol. The molecular weight excluding hydrogens is 354 g/mol. The first-order chi connectivity index (χ1) is 13.0. The van der Waals surface area contributed by atoms with Crippen LogP contribution < -0.4 is 0 Å². The van der Waals surface area contributed by atoms with Crippen molar-refractivity contribution in [3.63, 3.8) is 0 Å². The van der Waals surface area contributed by atoms with Crippen molar-refractivity contribution in [2.45, 2.75) is 6.54 Å². The molecule has 0 radical (unpaired) electrons. The highest BCUT2D eigenvalue weighted by molar-refractivity contribution is 5.78. The van der Waals surface area contributed by atoms with Gasteiger partial charge in [0.2, 0.25) is 0 Å². The van der Waals surface area contributed by atoms with Gasteiger partial charge in [0.1, 0.15) is 17.5 Å². The summed E-state index contributed by atoms with van der Waals surface area (Å²) in [4.78, 5) is 19.5. The number of nitrogens with one attached hydrogen (secondary N) is 1. The number of aromatic nitrogens is 2. The van der Waals surface area contributed by atoms with Gasteiger partial charge in [-0.3, -0.25) is 10.1 Å². The number of rotatable bonds is 4. The summed E-state index contributed by atoms with van der Waals surface area (Å²) in [7, 11) is 0. The van der Waals surface area contributed by atoms with E-state index in [1.54, 1.807) is 29.3 Å². The number of nitrogens with zero attached hydrogens (tertiary/aromatic N) is 3. The molecule has 0 atom stereocenters. The van der Waals surface area contributed by atoms with Gasteiger partial charge in [-0.15, -0.1) is 0 Å². The Bertz CT molecular complexity index is 1160. The van der Waals surface area contributed by atoms with Crippen LogP contribution in [0.4, 0.5) is 14.5 Å². The molecule has 0 amide bonds. The summed E-state index contributed by atoms with van der Waals surface area (Å²) >= 11 is 0. The molecule has 0 fully saturated rings. The summed E-state index contributed by atoms with van der Waals surface area (Å²) in [5.74, 6) is -0.591. The molecule has 0 saturated heterocycles. The first kappa shape index (κ1) is 16.7. The van der Waals surface area contributed by atoms with Gasteiger partial charge in [-0.25, -0.2) is 13.8 Å². The van der Waals surface area contributed by atoms with Crippen LogP contribution in [0, 0.1) is 21.7 Å². The minimum atomic E-state index is -0.562. The standard InChI is InChI=1S/C19H12F2N4O2/c20-12-4-6-15(21)14(9-12)18-3-1-2-8-24(18)11-19-22-16-7-5-13(25(26)27)10-17(16)23-19/h1-2,4-10H,11H2,(H,22,23). The fourth-order valence-corrected chi connectivity index (χ4v) is 2.87. The highest BCUT2D eigenvalue weighted by Gasteiger charge is 2.18. The summed E-state index contributed by atoms with van der Waals surface area (Å²) in [6.45, 7) is 0.227. The molecule has 1 N–H and O–H groups in total. The maximum absolute atomic E-state index is 14.2. The van der Waals surface area contributed by atoms with E-state index in [0.717, 1.165) is 18.2 Å². The van der Waals surface area contributed by atoms with Crippen LogP contribution in [0.2, 0.25) is 0 Å². The first-order valence-corrected chi connectivity index (χ1v) is 8.00. The third kappa shape index (κ3) is 3.21. The van der Waals surface area contributed by atoms with Crippen LogP contribution in [0.25, 0.3) is 16.7 Å².